The van der Waals surface area contributed by atoms with Gasteiger partial charge in [0.2, 0.25) is 0 Å². The van der Waals surface area contributed by atoms with E-state index in [2.05, 4.69) is 33.9 Å². The van der Waals surface area contributed by atoms with Crippen molar-refractivity contribution in [1.82, 2.24) is 0 Å². The molecule has 1 saturated heterocycles. The molecular weight excluding hydrogens is 280 g/mol. The number of hydrogen-bond acceptors (Lipinski definition) is 4. The van der Waals surface area contributed by atoms with Crippen LogP contribution >= 0.6 is 11.3 Å². The summed E-state index contributed by atoms with van der Waals surface area (Å²) in [7, 11) is 1.71. The standard InChI is InChI=1S/C17H22N2OS/c1-20-17-4-2-3-16(9-17)19-10-14(8-15(18)11-19)7-13-5-6-21-12-13/h2-6,9,12,14-15H,7-8,10-11,18H2,1H3. The normalized spacial score (nSPS) is 22.3. The molecule has 2 unspecified atom stereocenters. The molecular formula is C17H22N2OS. The van der Waals surface area contributed by atoms with Crippen molar-refractivity contribution in [2.24, 2.45) is 11.7 Å². The molecule has 1 aliphatic rings. The van der Waals surface area contributed by atoms with Crippen LogP contribution in [0.4, 0.5) is 5.69 Å². The van der Waals surface area contributed by atoms with E-state index in [9.17, 15) is 0 Å². The number of benzene rings is 1. The van der Waals surface area contributed by atoms with E-state index in [1.807, 2.05) is 12.1 Å². The van der Waals surface area contributed by atoms with Gasteiger partial charge in [0.15, 0.2) is 0 Å². The molecule has 112 valence electrons. The summed E-state index contributed by atoms with van der Waals surface area (Å²) >= 11 is 1.77. The lowest BCUT2D eigenvalue weighted by Gasteiger charge is -2.38. The van der Waals surface area contributed by atoms with E-state index in [1.165, 1.54) is 11.3 Å². The molecule has 2 atom stereocenters. The van der Waals surface area contributed by atoms with Crippen LogP contribution in [0.2, 0.25) is 0 Å². The van der Waals surface area contributed by atoms with E-state index in [4.69, 9.17) is 10.5 Å². The summed E-state index contributed by atoms with van der Waals surface area (Å²) in [5.41, 5.74) is 8.93. The number of nitrogens with two attached hydrogens (primary N) is 1. The first kappa shape index (κ1) is 14.4. The molecule has 0 radical (unpaired) electrons. The third-order valence-electron chi connectivity index (χ3n) is 4.09. The number of methoxy groups -OCH3 is 1. The van der Waals surface area contributed by atoms with Crippen LogP contribution in [0.25, 0.3) is 0 Å². The van der Waals surface area contributed by atoms with Crippen molar-refractivity contribution in [3.8, 4) is 5.75 Å². The second kappa shape index (κ2) is 6.50. The van der Waals surface area contributed by atoms with Gasteiger partial charge in [0, 0.05) is 30.9 Å². The highest BCUT2D eigenvalue weighted by Crippen LogP contribution is 2.27. The van der Waals surface area contributed by atoms with E-state index >= 15 is 0 Å². The first-order valence-electron chi connectivity index (χ1n) is 7.40. The van der Waals surface area contributed by atoms with Gasteiger partial charge in [-0.2, -0.15) is 11.3 Å². The van der Waals surface area contributed by atoms with Crippen LogP contribution in [0, 0.1) is 5.92 Å². The van der Waals surface area contributed by atoms with Crippen LogP contribution in [0.1, 0.15) is 12.0 Å². The van der Waals surface area contributed by atoms with Crippen LogP contribution in [0.15, 0.2) is 41.1 Å². The van der Waals surface area contributed by atoms with Gasteiger partial charge in [0.1, 0.15) is 5.75 Å². The van der Waals surface area contributed by atoms with E-state index < -0.39 is 0 Å². The van der Waals surface area contributed by atoms with Crippen molar-refractivity contribution in [3.63, 3.8) is 0 Å². The molecule has 0 amide bonds. The molecule has 0 spiro atoms. The molecule has 1 aromatic heterocycles. The first-order chi connectivity index (χ1) is 10.2. The lowest BCUT2D eigenvalue weighted by molar-refractivity contribution is 0.374. The van der Waals surface area contributed by atoms with E-state index in [0.29, 0.717) is 5.92 Å². The Kier molecular flexibility index (Phi) is 4.46. The Morgan fingerprint density at radius 3 is 3.00 bits per heavy atom. The maximum atomic E-state index is 6.28. The molecule has 3 rings (SSSR count). The molecule has 2 aromatic rings. The Bertz CT molecular complexity index is 570. The molecule has 0 saturated carbocycles. The predicted octanol–water partition coefficient (Wildman–Crippen LogP) is 3.15. The van der Waals surface area contributed by atoms with Crippen molar-refractivity contribution in [3.05, 3.63) is 46.7 Å². The Balaban J connectivity index is 1.73. The zero-order chi connectivity index (χ0) is 14.7. The van der Waals surface area contributed by atoms with Crippen molar-refractivity contribution in [1.29, 1.82) is 0 Å². The quantitative estimate of drug-likeness (QED) is 0.943. The maximum absolute atomic E-state index is 6.28. The highest BCUT2D eigenvalue weighted by molar-refractivity contribution is 7.07. The molecule has 2 heterocycles. The molecule has 2 N–H and O–H groups in total. The van der Waals surface area contributed by atoms with E-state index in [-0.39, 0.29) is 6.04 Å². The molecule has 1 fully saturated rings. The highest BCUT2D eigenvalue weighted by atomic mass is 32.1. The molecule has 21 heavy (non-hydrogen) atoms. The average Bonchev–Trinajstić information content (AvgIpc) is 2.99. The molecule has 1 aliphatic heterocycles. The Labute approximate surface area is 130 Å². The minimum atomic E-state index is 0.244. The summed E-state index contributed by atoms with van der Waals surface area (Å²) in [4.78, 5) is 2.40. The monoisotopic (exact) mass is 302 g/mol. The number of hydrogen-bond donors (Lipinski definition) is 1. The smallest absolute Gasteiger partial charge is 0.120 e. The van der Waals surface area contributed by atoms with Gasteiger partial charge in [-0.05, 0) is 53.3 Å². The summed E-state index contributed by atoms with van der Waals surface area (Å²) in [5.74, 6) is 1.52. The van der Waals surface area contributed by atoms with Gasteiger partial charge >= 0.3 is 0 Å². The van der Waals surface area contributed by atoms with Crippen LogP contribution in [0.3, 0.4) is 0 Å². The largest absolute Gasteiger partial charge is 0.497 e. The van der Waals surface area contributed by atoms with E-state index in [1.54, 1.807) is 18.4 Å². The van der Waals surface area contributed by atoms with Gasteiger partial charge in [-0.25, -0.2) is 0 Å². The predicted molar refractivity (Wildman–Crippen MR) is 89.3 cm³/mol. The second-order valence-corrected chi connectivity index (χ2v) is 6.58. The van der Waals surface area contributed by atoms with Crippen LogP contribution in [-0.2, 0) is 6.42 Å². The summed E-state index contributed by atoms with van der Waals surface area (Å²) in [5, 5.41) is 4.40. The number of rotatable bonds is 4. The Hall–Kier alpha value is -1.52. The number of thiophene rings is 1. The van der Waals surface area contributed by atoms with Gasteiger partial charge < -0.3 is 15.4 Å². The third kappa shape index (κ3) is 3.57. The second-order valence-electron chi connectivity index (χ2n) is 5.80. The van der Waals surface area contributed by atoms with Gasteiger partial charge in [-0.1, -0.05) is 6.07 Å². The van der Waals surface area contributed by atoms with Crippen molar-refractivity contribution in [2.45, 2.75) is 18.9 Å². The molecule has 1 aromatic carbocycles. The lowest BCUT2D eigenvalue weighted by Crippen LogP contribution is -2.47. The average molecular weight is 302 g/mol. The van der Waals surface area contributed by atoms with Crippen molar-refractivity contribution >= 4 is 17.0 Å². The van der Waals surface area contributed by atoms with Crippen LogP contribution in [0.5, 0.6) is 5.75 Å². The molecule has 3 nitrogen and oxygen atoms in total. The minimum Gasteiger partial charge on any atom is -0.497 e. The van der Waals surface area contributed by atoms with Gasteiger partial charge in [-0.15, -0.1) is 0 Å². The topological polar surface area (TPSA) is 38.5 Å². The van der Waals surface area contributed by atoms with Gasteiger partial charge in [0.25, 0.3) is 0 Å². The summed E-state index contributed by atoms with van der Waals surface area (Å²) in [6.07, 6.45) is 2.23. The molecule has 4 heteroatoms. The molecule has 0 bridgehead atoms. The number of nitrogens with zero attached hydrogens (tertiary/aromatic N) is 1. The molecule has 0 aliphatic carbocycles. The van der Waals surface area contributed by atoms with Gasteiger partial charge in [-0.3, -0.25) is 0 Å². The first-order valence-corrected chi connectivity index (χ1v) is 8.34. The highest BCUT2D eigenvalue weighted by Gasteiger charge is 2.25. The Morgan fingerprint density at radius 2 is 2.24 bits per heavy atom. The van der Waals surface area contributed by atoms with E-state index in [0.717, 1.165) is 31.7 Å². The van der Waals surface area contributed by atoms with Crippen molar-refractivity contribution in [2.75, 3.05) is 25.1 Å². The number of piperidine rings is 1. The fraction of sp³-hybridized carbons (Fsp3) is 0.412. The SMILES string of the molecule is COc1cccc(N2CC(N)CC(Cc3ccsc3)C2)c1. The number of anilines is 1. The Morgan fingerprint density at radius 1 is 1.33 bits per heavy atom. The lowest BCUT2D eigenvalue weighted by atomic mass is 9.89. The van der Waals surface area contributed by atoms with Crippen molar-refractivity contribution < 1.29 is 4.74 Å². The van der Waals surface area contributed by atoms with Crippen LogP contribution < -0.4 is 15.4 Å². The summed E-state index contributed by atoms with van der Waals surface area (Å²) in [6, 6.07) is 10.7. The number of ether oxygens (including phenoxy) is 1. The fourth-order valence-electron chi connectivity index (χ4n) is 3.15. The zero-order valence-electron chi connectivity index (χ0n) is 12.4. The van der Waals surface area contributed by atoms with Crippen LogP contribution in [-0.4, -0.2) is 26.2 Å². The fourth-order valence-corrected chi connectivity index (χ4v) is 3.84. The summed E-state index contributed by atoms with van der Waals surface area (Å²) < 4.78 is 5.33. The van der Waals surface area contributed by atoms with Gasteiger partial charge in [0.05, 0.1) is 7.11 Å². The summed E-state index contributed by atoms with van der Waals surface area (Å²) in [6.45, 7) is 1.99. The third-order valence-corrected chi connectivity index (χ3v) is 4.82. The minimum absolute atomic E-state index is 0.244. The zero-order valence-corrected chi connectivity index (χ0v) is 13.2. The maximum Gasteiger partial charge on any atom is 0.120 e.